The number of nitrogens with one attached hydrogen (secondary N) is 2. The quantitative estimate of drug-likeness (QED) is 0.781. The summed E-state index contributed by atoms with van der Waals surface area (Å²) in [5.41, 5.74) is 1.84. The second-order valence-corrected chi connectivity index (χ2v) is 5.00. The van der Waals surface area contributed by atoms with E-state index in [1.165, 1.54) is 10.5 Å². The fraction of sp³-hybridized carbons (Fsp3) is 0.500. The molecule has 0 aliphatic carbocycles. The molecular weight excluding hydrogens is 254 g/mol. The first-order valence-electron chi connectivity index (χ1n) is 6.84. The molecule has 1 aromatic heterocycles. The summed E-state index contributed by atoms with van der Waals surface area (Å²) >= 11 is 0. The molecule has 0 spiro atoms. The third kappa shape index (κ3) is 4.03. The molecule has 0 aromatic carbocycles. The maximum absolute atomic E-state index is 11.7. The maximum atomic E-state index is 11.7. The average molecular weight is 275 g/mol. The van der Waals surface area contributed by atoms with Crippen LogP contribution in [0.25, 0.3) is 0 Å². The molecule has 1 aromatic rings. The summed E-state index contributed by atoms with van der Waals surface area (Å²) in [4.78, 5) is 13.2. The number of aromatic nitrogens is 2. The predicted octanol–water partition coefficient (Wildman–Crippen LogP) is 0.900. The van der Waals surface area contributed by atoms with Crippen LogP contribution in [0.2, 0.25) is 0 Å². The smallest absolute Gasteiger partial charge is 0.273 e. The molecule has 1 amide bonds. The van der Waals surface area contributed by atoms with Crippen molar-refractivity contribution in [3.8, 4) is 0 Å². The molecular formula is C14H21N5O. The summed E-state index contributed by atoms with van der Waals surface area (Å²) in [6.45, 7) is 2.87. The molecule has 0 radical (unpaired) electrons. The third-order valence-electron chi connectivity index (χ3n) is 3.20. The molecule has 2 N–H and O–H groups in total. The lowest BCUT2D eigenvalue weighted by Crippen LogP contribution is -2.23. The summed E-state index contributed by atoms with van der Waals surface area (Å²) in [5, 5.41) is 14.5. The van der Waals surface area contributed by atoms with E-state index in [-0.39, 0.29) is 5.91 Å². The van der Waals surface area contributed by atoms with Crippen LogP contribution in [-0.4, -0.2) is 54.7 Å². The highest BCUT2D eigenvalue weighted by Gasteiger charge is 2.10. The van der Waals surface area contributed by atoms with Gasteiger partial charge in [-0.3, -0.25) is 4.79 Å². The molecule has 20 heavy (non-hydrogen) atoms. The summed E-state index contributed by atoms with van der Waals surface area (Å²) in [7, 11) is 3.39. The first kappa shape index (κ1) is 14.5. The van der Waals surface area contributed by atoms with Crippen LogP contribution in [0.5, 0.6) is 0 Å². The van der Waals surface area contributed by atoms with Gasteiger partial charge in [0.25, 0.3) is 5.91 Å². The third-order valence-corrected chi connectivity index (χ3v) is 3.20. The largest absolute Gasteiger partial charge is 0.368 e. The van der Waals surface area contributed by atoms with Crippen LogP contribution in [0, 0.1) is 0 Å². The Morgan fingerprint density at radius 2 is 2.25 bits per heavy atom. The van der Waals surface area contributed by atoms with E-state index in [4.69, 9.17) is 0 Å². The molecule has 0 bridgehead atoms. The second kappa shape index (κ2) is 7.00. The summed E-state index contributed by atoms with van der Waals surface area (Å²) in [5.74, 6) is 0.568. The molecule has 2 heterocycles. The van der Waals surface area contributed by atoms with Crippen molar-refractivity contribution in [1.29, 1.82) is 0 Å². The zero-order chi connectivity index (χ0) is 14.4. The number of amides is 1. The molecule has 6 nitrogen and oxygen atoms in total. The van der Waals surface area contributed by atoms with E-state index >= 15 is 0 Å². The van der Waals surface area contributed by atoms with Crippen LogP contribution < -0.4 is 10.6 Å². The molecule has 1 aliphatic heterocycles. The zero-order valence-corrected chi connectivity index (χ0v) is 12.0. The minimum Gasteiger partial charge on any atom is -0.368 e. The van der Waals surface area contributed by atoms with Gasteiger partial charge in [-0.15, -0.1) is 10.2 Å². The molecule has 0 atom stereocenters. The normalized spacial score (nSPS) is 14.6. The fourth-order valence-corrected chi connectivity index (χ4v) is 2.02. The van der Waals surface area contributed by atoms with Crippen LogP contribution >= 0.6 is 0 Å². The fourth-order valence-electron chi connectivity index (χ4n) is 2.02. The Balaban J connectivity index is 1.81. The van der Waals surface area contributed by atoms with Gasteiger partial charge in [0.2, 0.25) is 0 Å². The Bertz CT molecular complexity index is 481. The number of carbonyl (C=O) groups is 1. The van der Waals surface area contributed by atoms with Gasteiger partial charge in [0.1, 0.15) is 5.82 Å². The van der Waals surface area contributed by atoms with Gasteiger partial charge in [-0.25, -0.2) is 0 Å². The highest BCUT2D eigenvalue weighted by molar-refractivity contribution is 5.91. The van der Waals surface area contributed by atoms with Crippen molar-refractivity contribution in [2.45, 2.75) is 12.8 Å². The number of hydrogen-bond donors (Lipinski definition) is 2. The Hall–Kier alpha value is -1.95. The van der Waals surface area contributed by atoms with E-state index < -0.39 is 0 Å². The van der Waals surface area contributed by atoms with Crippen molar-refractivity contribution in [3.05, 3.63) is 29.5 Å². The van der Waals surface area contributed by atoms with Crippen molar-refractivity contribution in [1.82, 2.24) is 20.4 Å². The first-order valence-corrected chi connectivity index (χ1v) is 6.84. The number of carbonyl (C=O) groups excluding carboxylic acids is 1. The number of hydrogen-bond acceptors (Lipinski definition) is 5. The Kier molecular flexibility index (Phi) is 5.06. The minimum atomic E-state index is -0.135. The number of nitrogens with zero attached hydrogens (tertiary/aromatic N) is 3. The minimum absolute atomic E-state index is 0.135. The molecule has 1 aliphatic rings. The van der Waals surface area contributed by atoms with Gasteiger partial charge in [0.15, 0.2) is 5.69 Å². The lowest BCUT2D eigenvalue weighted by Gasteiger charge is -2.14. The van der Waals surface area contributed by atoms with Gasteiger partial charge in [0.05, 0.1) is 0 Å². The van der Waals surface area contributed by atoms with E-state index in [0.717, 1.165) is 32.5 Å². The van der Waals surface area contributed by atoms with Crippen molar-refractivity contribution >= 4 is 11.7 Å². The second-order valence-electron chi connectivity index (χ2n) is 5.00. The summed E-state index contributed by atoms with van der Waals surface area (Å²) < 4.78 is 0. The van der Waals surface area contributed by atoms with Gasteiger partial charge in [-0.1, -0.05) is 11.6 Å². The Morgan fingerprint density at radius 3 is 2.85 bits per heavy atom. The molecule has 108 valence electrons. The standard InChI is InChI=1S/C14H21N5O/c1-19(2)14(20)12-3-4-13(18-17-12)16-10-7-11-5-8-15-9-6-11/h3-5,15H,6-10H2,1-2H3,(H,16,18). The van der Waals surface area contributed by atoms with Gasteiger partial charge >= 0.3 is 0 Å². The molecule has 0 saturated carbocycles. The SMILES string of the molecule is CN(C)C(=O)c1ccc(NCCC2=CCNCC2)nn1. The topological polar surface area (TPSA) is 70.2 Å². The predicted molar refractivity (Wildman–Crippen MR) is 78.7 cm³/mol. The van der Waals surface area contributed by atoms with Crippen LogP contribution in [0.15, 0.2) is 23.8 Å². The van der Waals surface area contributed by atoms with E-state index in [1.54, 1.807) is 26.2 Å². The van der Waals surface area contributed by atoms with Gasteiger partial charge in [-0.2, -0.15) is 0 Å². The maximum Gasteiger partial charge on any atom is 0.273 e. The zero-order valence-electron chi connectivity index (χ0n) is 12.0. The Morgan fingerprint density at radius 1 is 1.40 bits per heavy atom. The number of anilines is 1. The monoisotopic (exact) mass is 275 g/mol. The van der Waals surface area contributed by atoms with Gasteiger partial charge in [0, 0.05) is 27.2 Å². The van der Waals surface area contributed by atoms with Crippen molar-refractivity contribution in [3.63, 3.8) is 0 Å². The average Bonchev–Trinajstić information content (AvgIpc) is 2.48. The van der Waals surface area contributed by atoms with Gasteiger partial charge < -0.3 is 15.5 Å². The molecule has 0 saturated heterocycles. The van der Waals surface area contributed by atoms with Crippen LogP contribution in [-0.2, 0) is 0 Å². The van der Waals surface area contributed by atoms with Gasteiger partial charge in [-0.05, 0) is 31.5 Å². The van der Waals surface area contributed by atoms with E-state index in [9.17, 15) is 4.79 Å². The lowest BCUT2D eigenvalue weighted by atomic mass is 10.1. The van der Waals surface area contributed by atoms with E-state index in [2.05, 4.69) is 26.9 Å². The van der Waals surface area contributed by atoms with Crippen molar-refractivity contribution < 1.29 is 4.79 Å². The highest BCUT2D eigenvalue weighted by atomic mass is 16.2. The molecule has 0 fully saturated rings. The number of rotatable bonds is 5. The van der Waals surface area contributed by atoms with Crippen LogP contribution in [0.1, 0.15) is 23.3 Å². The molecule has 0 unspecified atom stereocenters. The van der Waals surface area contributed by atoms with E-state index in [0.29, 0.717) is 11.5 Å². The summed E-state index contributed by atoms with van der Waals surface area (Å²) in [6, 6.07) is 3.49. The lowest BCUT2D eigenvalue weighted by molar-refractivity contribution is 0.0821. The summed E-state index contributed by atoms with van der Waals surface area (Å²) in [6.07, 6.45) is 4.38. The van der Waals surface area contributed by atoms with Crippen LogP contribution in [0.3, 0.4) is 0 Å². The van der Waals surface area contributed by atoms with E-state index in [1.807, 2.05) is 0 Å². The highest BCUT2D eigenvalue weighted by Crippen LogP contribution is 2.10. The molecule has 2 rings (SSSR count). The first-order chi connectivity index (χ1) is 9.66. The van der Waals surface area contributed by atoms with Crippen LogP contribution in [0.4, 0.5) is 5.82 Å². The van der Waals surface area contributed by atoms with Crippen molar-refractivity contribution in [2.24, 2.45) is 0 Å². The molecule has 6 heteroatoms. The van der Waals surface area contributed by atoms with Crippen molar-refractivity contribution in [2.75, 3.05) is 39.0 Å². The Labute approximate surface area is 119 Å².